The van der Waals surface area contributed by atoms with Gasteiger partial charge in [-0.25, -0.2) is 5.43 Å². The third-order valence-electron chi connectivity index (χ3n) is 3.89. The van der Waals surface area contributed by atoms with E-state index < -0.39 is 0 Å². The lowest BCUT2D eigenvalue weighted by atomic mass is 10.1. The maximum atomic E-state index is 11.9. The molecule has 0 aliphatic rings. The molecule has 0 saturated carbocycles. The molecule has 0 saturated heterocycles. The number of phenolic OH excluding ortho intramolecular Hbond substituents is 1. The van der Waals surface area contributed by atoms with Crippen LogP contribution in [0.2, 0.25) is 0 Å². The number of carbonyl (C=O) groups excluding carboxylic acids is 1. The predicted molar refractivity (Wildman–Crippen MR) is 101 cm³/mol. The Kier molecular flexibility index (Phi) is 4.95. The molecule has 3 rings (SSSR count). The van der Waals surface area contributed by atoms with Gasteiger partial charge in [0.1, 0.15) is 5.75 Å². The molecule has 0 spiro atoms. The standard InChI is InChI=1S/C20H19N3O2/c1-14-6-4-9-16(20(14)25)12-22-23-19(24)13-21-18-11-5-8-15-7-2-3-10-17(15)18/h2-12,21,25H,13H2,1H3,(H,23,24)/b22-12+. The number of phenols is 1. The number of hydrogen-bond donors (Lipinski definition) is 3. The zero-order valence-corrected chi connectivity index (χ0v) is 13.9. The molecule has 3 aromatic carbocycles. The van der Waals surface area contributed by atoms with Crippen LogP contribution in [0.25, 0.3) is 10.8 Å². The van der Waals surface area contributed by atoms with Crippen molar-refractivity contribution in [2.75, 3.05) is 11.9 Å². The molecule has 25 heavy (non-hydrogen) atoms. The zero-order valence-electron chi connectivity index (χ0n) is 13.9. The first kappa shape index (κ1) is 16.5. The number of nitrogens with one attached hydrogen (secondary N) is 2. The van der Waals surface area contributed by atoms with Gasteiger partial charge < -0.3 is 10.4 Å². The Morgan fingerprint density at radius 3 is 2.72 bits per heavy atom. The zero-order chi connectivity index (χ0) is 17.6. The number of hydrogen-bond acceptors (Lipinski definition) is 4. The van der Waals surface area contributed by atoms with Gasteiger partial charge in [-0.05, 0) is 30.0 Å². The van der Waals surface area contributed by atoms with Crippen molar-refractivity contribution in [3.8, 4) is 5.75 Å². The third kappa shape index (κ3) is 3.95. The van der Waals surface area contributed by atoms with Crippen LogP contribution in [0, 0.1) is 6.92 Å². The number of carbonyl (C=O) groups is 1. The number of amides is 1. The van der Waals surface area contributed by atoms with Crippen LogP contribution in [0.1, 0.15) is 11.1 Å². The van der Waals surface area contributed by atoms with Gasteiger partial charge in [0.2, 0.25) is 0 Å². The van der Waals surface area contributed by atoms with Crippen molar-refractivity contribution < 1.29 is 9.90 Å². The Morgan fingerprint density at radius 2 is 1.84 bits per heavy atom. The lowest BCUT2D eigenvalue weighted by Gasteiger charge is -2.08. The number of aryl methyl sites for hydroxylation is 1. The monoisotopic (exact) mass is 333 g/mol. The second-order valence-electron chi connectivity index (χ2n) is 5.69. The Bertz CT molecular complexity index is 930. The summed E-state index contributed by atoms with van der Waals surface area (Å²) in [5, 5.41) is 19.1. The summed E-state index contributed by atoms with van der Waals surface area (Å²) in [6.07, 6.45) is 1.43. The smallest absolute Gasteiger partial charge is 0.259 e. The highest BCUT2D eigenvalue weighted by Gasteiger charge is 2.04. The summed E-state index contributed by atoms with van der Waals surface area (Å²) in [6.45, 7) is 1.91. The Morgan fingerprint density at radius 1 is 1.08 bits per heavy atom. The lowest BCUT2D eigenvalue weighted by Crippen LogP contribution is -2.25. The number of benzene rings is 3. The Hall–Kier alpha value is -3.34. The molecule has 0 aliphatic heterocycles. The van der Waals surface area contributed by atoms with Gasteiger partial charge in [0.05, 0.1) is 12.8 Å². The second kappa shape index (κ2) is 7.49. The minimum atomic E-state index is -0.267. The molecule has 5 heteroatoms. The highest BCUT2D eigenvalue weighted by molar-refractivity contribution is 5.95. The normalized spacial score (nSPS) is 10.9. The van der Waals surface area contributed by atoms with E-state index in [-0.39, 0.29) is 18.2 Å². The van der Waals surface area contributed by atoms with E-state index in [1.54, 1.807) is 19.1 Å². The van der Waals surface area contributed by atoms with E-state index in [0.717, 1.165) is 22.0 Å². The average molecular weight is 333 g/mol. The predicted octanol–water partition coefficient (Wildman–Crippen LogP) is 3.42. The number of para-hydroxylation sites is 1. The number of rotatable bonds is 5. The first-order chi connectivity index (χ1) is 12.1. The Balaban J connectivity index is 1.59. The largest absolute Gasteiger partial charge is 0.507 e. The summed E-state index contributed by atoms with van der Waals surface area (Å²) in [7, 11) is 0. The molecule has 3 N–H and O–H groups in total. The van der Waals surface area contributed by atoms with Gasteiger partial charge in [0.15, 0.2) is 0 Å². The van der Waals surface area contributed by atoms with Gasteiger partial charge in [-0.3, -0.25) is 4.79 Å². The molecule has 5 nitrogen and oxygen atoms in total. The SMILES string of the molecule is Cc1cccc(/C=N/NC(=O)CNc2cccc3ccccc23)c1O. The number of anilines is 1. The molecule has 0 bridgehead atoms. The van der Waals surface area contributed by atoms with Gasteiger partial charge in [-0.1, -0.05) is 48.5 Å². The van der Waals surface area contributed by atoms with Crippen LogP contribution in [0.4, 0.5) is 5.69 Å². The minimum absolute atomic E-state index is 0.102. The van der Waals surface area contributed by atoms with E-state index in [9.17, 15) is 9.90 Å². The molecule has 0 radical (unpaired) electrons. The van der Waals surface area contributed by atoms with E-state index in [4.69, 9.17) is 0 Å². The average Bonchev–Trinajstić information content (AvgIpc) is 2.63. The van der Waals surface area contributed by atoms with Crippen LogP contribution in [0.3, 0.4) is 0 Å². The van der Waals surface area contributed by atoms with Crippen molar-refractivity contribution in [2.24, 2.45) is 5.10 Å². The van der Waals surface area contributed by atoms with Gasteiger partial charge in [0, 0.05) is 16.6 Å². The van der Waals surface area contributed by atoms with Crippen molar-refractivity contribution in [2.45, 2.75) is 6.92 Å². The van der Waals surface area contributed by atoms with E-state index in [1.807, 2.05) is 48.5 Å². The van der Waals surface area contributed by atoms with E-state index in [0.29, 0.717) is 5.56 Å². The van der Waals surface area contributed by atoms with Crippen molar-refractivity contribution in [1.29, 1.82) is 0 Å². The molecule has 0 fully saturated rings. The van der Waals surface area contributed by atoms with Crippen LogP contribution in [-0.4, -0.2) is 23.8 Å². The maximum absolute atomic E-state index is 11.9. The van der Waals surface area contributed by atoms with E-state index in [1.165, 1.54) is 6.21 Å². The summed E-state index contributed by atoms with van der Waals surface area (Å²) < 4.78 is 0. The topological polar surface area (TPSA) is 73.7 Å². The van der Waals surface area contributed by atoms with Crippen molar-refractivity contribution in [3.05, 3.63) is 71.8 Å². The summed E-state index contributed by atoms with van der Waals surface area (Å²) >= 11 is 0. The van der Waals surface area contributed by atoms with E-state index in [2.05, 4.69) is 15.8 Å². The van der Waals surface area contributed by atoms with Crippen LogP contribution in [0.15, 0.2) is 65.8 Å². The molecule has 126 valence electrons. The maximum Gasteiger partial charge on any atom is 0.259 e. The number of aromatic hydroxyl groups is 1. The van der Waals surface area contributed by atoms with Gasteiger partial charge >= 0.3 is 0 Å². The summed E-state index contributed by atoms with van der Waals surface area (Å²) in [5.41, 5.74) is 4.66. The fraction of sp³-hybridized carbons (Fsp3) is 0.100. The summed E-state index contributed by atoms with van der Waals surface area (Å²) in [4.78, 5) is 11.9. The first-order valence-corrected chi connectivity index (χ1v) is 7.97. The third-order valence-corrected chi connectivity index (χ3v) is 3.89. The van der Waals surface area contributed by atoms with Crippen molar-refractivity contribution in [3.63, 3.8) is 0 Å². The second-order valence-corrected chi connectivity index (χ2v) is 5.69. The molecule has 0 unspecified atom stereocenters. The fourth-order valence-corrected chi connectivity index (χ4v) is 2.55. The quantitative estimate of drug-likeness (QED) is 0.495. The van der Waals surface area contributed by atoms with Crippen LogP contribution in [0.5, 0.6) is 5.75 Å². The van der Waals surface area contributed by atoms with Crippen LogP contribution >= 0.6 is 0 Å². The first-order valence-electron chi connectivity index (χ1n) is 7.97. The highest BCUT2D eigenvalue weighted by Crippen LogP contribution is 2.22. The fourth-order valence-electron chi connectivity index (χ4n) is 2.55. The molecule has 1 amide bonds. The molecule has 3 aromatic rings. The number of fused-ring (bicyclic) bond motifs is 1. The Labute approximate surface area is 146 Å². The molecular formula is C20H19N3O2. The summed E-state index contributed by atoms with van der Waals surface area (Å²) in [5.74, 6) is -0.106. The highest BCUT2D eigenvalue weighted by atomic mass is 16.3. The molecule has 0 aliphatic carbocycles. The lowest BCUT2D eigenvalue weighted by molar-refractivity contribution is -0.119. The number of nitrogens with zero attached hydrogens (tertiary/aromatic N) is 1. The van der Waals surface area contributed by atoms with Crippen molar-refractivity contribution in [1.82, 2.24) is 5.43 Å². The minimum Gasteiger partial charge on any atom is -0.507 e. The van der Waals surface area contributed by atoms with Gasteiger partial charge in [-0.2, -0.15) is 5.10 Å². The van der Waals surface area contributed by atoms with Crippen LogP contribution in [-0.2, 0) is 4.79 Å². The molecular weight excluding hydrogens is 314 g/mol. The van der Waals surface area contributed by atoms with E-state index >= 15 is 0 Å². The summed E-state index contributed by atoms with van der Waals surface area (Å²) in [6, 6.07) is 19.2. The molecule has 0 aromatic heterocycles. The van der Waals surface area contributed by atoms with Crippen molar-refractivity contribution >= 4 is 28.6 Å². The molecule has 0 heterocycles. The number of hydrazone groups is 1. The van der Waals surface area contributed by atoms with Crippen LogP contribution < -0.4 is 10.7 Å². The van der Waals surface area contributed by atoms with Gasteiger partial charge in [-0.15, -0.1) is 0 Å². The van der Waals surface area contributed by atoms with Gasteiger partial charge in [0.25, 0.3) is 5.91 Å². The molecule has 0 atom stereocenters.